The molecule has 126 valence electrons. The zero-order chi connectivity index (χ0) is 16.5. The van der Waals surface area contributed by atoms with Crippen molar-refractivity contribution in [2.24, 2.45) is 0 Å². The zero-order valence-corrected chi connectivity index (χ0v) is 15.1. The molecule has 1 unspecified atom stereocenters. The van der Waals surface area contributed by atoms with Crippen LogP contribution in [0.2, 0.25) is 0 Å². The Labute approximate surface area is 143 Å². The summed E-state index contributed by atoms with van der Waals surface area (Å²) < 4.78 is 5.78. The fraction of sp³-hybridized carbons (Fsp3) is 0.500. The van der Waals surface area contributed by atoms with Crippen LogP contribution in [-0.4, -0.2) is 24.2 Å². The molecule has 1 aromatic carbocycles. The van der Waals surface area contributed by atoms with Crippen molar-refractivity contribution < 1.29 is 4.74 Å². The van der Waals surface area contributed by atoms with Gasteiger partial charge in [-0.25, -0.2) is 4.98 Å². The third-order valence-corrected chi connectivity index (χ3v) is 4.21. The molecule has 0 saturated heterocycles. The van der Waals surface area contributed by atoms with Crippen LogP contribution >= 0.6 is 11.3 Å². The molecule has 2 N–H and O–H groups in total. The van der Waals surface area contributed by atoms with Crippen molar-refractivity contribution in [3.05, 3.63) is 35.3 Å². The van der Waals surface area contributed by atoms with Crippen LogP contribution < -0.4 is 15.4 Å². The molecule has 0 amide bonds. The molecular weight excluding hydrogens is 306 g/mol. The number of ether oxygens (including phenoxy) is 1. The topological polar surface area (TPSA) is 46.2 Å². The SMILES string of the molecule is CCCNC(C)Cc1csc(Nc2ccccc2OCCC)n1. The molecule has 1 aromatic heterocycles. The average Bonchev–Trinajstić information content (AvgIpc) is 2.99. The van der Waals surface area contributed by atoms with Crippen LogP contribution in [0.4, 0.5) is 10.8 Å². The summed E-state index contributed by atoms with van der Waals surface area (Å²) in [4.78, 5) is 4.69. The number of aromatic nitrogens is 1. The van der Waals surface area contributed by atoms with Gasteiger partial charge in [0.2, 0.25) is 0 Å². The summed E-state index contributed by atoms with van der Waals surface area (Å²) >= 11 is 1.64. The van der Waals surface area contributed by atoms with Gasteiger partial charge in [0.15, 0.2) is 5.13 Å². The van der Waals surface area contributed by atoms with Crippen LogP contribution in [0.5, 0.6) is 5.75 Å². The summed E-state index contributed by atoms with van der Waals surface area (Å²) in [5, 5.41) is 9.92. The number of rotatable bonds is 10. The molecule has 23 heavy (non-hydrogen) atoms. The number of anilines is 2. The van der Waals surface area contributed by atoms with Crippen molar-refractivity contribution in [1.82, 2.24) is 10.3 Å². The standard InChI is InChI=1S/C18H27N3OS/c1-4-10-19-14(3)12-15-13-23-18(20-15)21-16-8-6-7-9-17(16)22-11-5-2/h6-9,13-14,19H,4-5,10-12H2,1-3H3,(H,20,21). The molecule has 0 spiro atoms. The molecule has 1 heterocycles. The first-order valence-corrected chi connectivity index (χ1v) is 9.27. The fourth-order valence-corrected chi connectivity index (χ4v) is 2.99. The highest BCUT2D eigenvalue weighted by molar-refractivity contribution is 7.13. The Kier molecular flexibility index (Phi) is 7.36. The molecule has 4 nitrogen and oxygen atoms in total. The highest BCUT2D eigenvalue weighted by Crippen LogP contribution is 2.29. The highest BCUT2D eigenvalue weighted by Gasteiger charge is 2.09. The Hall–Kier alpha value is -1.59. The van der Waals surface area contributed by atoms with Gasteiger partial charge in [0.25, 0.3) is 0 Å². The van der Waals surface area contributed by atoms with Crippen LogP contribution in [0.3, 0.4) is 0 Å². The van der Waals surface area contributed by atoms with Gasteiger partial charge in [-0.3, -0.25) is 0 Å². The Balaban J connectivity index is 1.96. The van der Waals surface area contributed by atoms with Crippen LogP contribution in [0.15, 0.2) is 29.6 Å². The third kappa shape index (κ3) is 5.84. The Morgan fingerprint density at radius 3 is 2.83 bits per heavy atom. The number of benzene rings is 1. The van der Waals surface area contributed by atoms with Gasteiger partial charge in [-0.15, -0.1) is 11.3 Å². The molecule has 1 atom stereocenters. The van der Waals surface area contributed by atoms with E-state index >= 15 is 0 Å². The quantitative estimate of drug-likeness (QED) is 0.667. The highest BCUT2D eigenvalue weighted by atomic mass is 32.1. The van der Waals surface area contributed by atoms with Crippen LogP contribution in [0.1, 0.15) is 39.3 Å². The lowest BCUT2D eigenvalue weighted by Gasteiger charge is -2.11. The minimum atomic E-state index is 0.449. The van der Waals surface area contributed by atoms with E-state index in [-0.39, 0.29) is 0 Å². The smallest absolute Gasteiger partial charge is 0.187 e. The Morgan fingerprint density at radius 2 is 2.04 bits per heavy atom. The number of hydrogen-bond acceptors (Lipinski definition) is 5. The van der Waals surface area contributed by atoms with E-state index in [1.807, 2.05) is 24.3 Å². The predicted molar refractivity (Wildman–Crippen MR) is 99.1 cm³/mol. The lowest BCUT2D eigenvalue weighted by Crippen LogP contribution is -2.28. The van der Waals surface area contributed by atoms with Gasteiger partial charge < -0.3 is 15.4 Å². The van der Waals surface area contributed by atoms with Gasteiger partial charge in [0.1, 0.15) is 5.75 Å². The molecule has 0 aliphatic rings. The van der Waals surface area contributed by atoms with E-state index in [2.05, 4.69) is 41.8 Å². The minimum absolute atomic E-state index is 0.449. The first kappa shape index (κ1) is 17.8. The Morgan fingerprint density at radius 1 is 1.22 bits per heavy atom. The number of thiazole rings is 1. The van der Waals surface area contributed by atoms with Crippen LogP contribution in [0, 0.1) is 0 Å². The third-order valence-electron chi connectivity index (χ3n) is 3.40. The Bertz CT molecular complexity index is 585. The molecular formula is C18H27N3OS. The summed E-state index contributed by atoms with van der Waals surface area (Å²) in [5.41, 5.74) is 2.10. The van der Waals surface area contributed by atoms with Crippen molar-refractivity contribution in [2.45, 2.75) is 46.1 Å². The summed E-state index contributed by atoms with van der Waals surface area (Å²) in [7, 11) is 0. The van der Waals surface area contributed by atoms with Gasteiger partial charge >= 0.3 is 0 Å². The summed E-state index contributed by atoms with van der Waals surface area (Å²) in [6.45, 7) is 8.27. The zero-order valence-electron chi connectivity index (χ0n) is 14.3. The maximum absolute atomic E-state index is 5.78. The van der Waals surface area contributed by atoms with E-state index in [0.29, 0.717) is 6.04 Å². The second kappa shape index (κ2) is 9.53. The molecule has 0 aliphatic carbocycles. The molecule has 2 aromatic rings. The molecule has 0 radical (unpaired) electrons. The second-order valence-corrected chi connectivity index (χ2v) is 6.53. The first-order chi connectivity index (χ1) is 11.2. The van der Waals surface area contributed by atoms with Gasteiger partial charge in [-0.2, -0.15) is 0 Å². The average molecular weight is 334 g/mol. The minimum Gasteiger partial charge on any atom is -0.491 e. The van der Waals surface area contributed by atoms with E-state index in [0.717, 1.165) is 54.7 Å². The van der Waals surface area contributed by atoms with E-state index in [1.165, 1.54) is 0 Å². The molecule has 0 saturated carbocycles. The monoisotopic (exact) mass is 333 g/mol. The fourth-order valence-electron chi connectivity index (χ4n) is 2.26. The van der Waals surface area contributed by atoms with Gasteiger partial charge in [0, 0.05) is 17.8 Å². The maximum atomic E-state index is 5.78. The normalized spacial score (nSPS) is 12.1. The molecule has 0 fully saturated rings. The summed E-state index contributed by atoms with van der Waals surface area (Å²) in [5.74, 6) is 0.879. The lowest BCUT2D eigenvalue weighted by atomic mass is 10.2. The van der Waals surface area contributed by atoms with Crippen LogP contribution in [0.25, 0.3) is 0 Å². The van der Waals surface area contributed by atoms with Gasteiger partial charge in [-0.05, 0) is 38.4 Å². The van der Waals surface area contributed by atoms with Crippen molar-refractivity contribution in [3.8, 4) is 5.75 Å². The van der Waals surface area contributed by atoms with E-state index < -0.39 is 0 Å². The molecule has 2 rings (SSSR count). The summed E-state index contributed by atoms with van der Waals surface area (Å²) in [6.07, 6.45) is 3.10. The predicted octanol–water partition coefficient (Wildman–Crippen LogP) is 4.61. The summed E-state index contributed by atoms with van der Waals surface area (Å²) in [6, 6.07) is 8.46. The van der Waals surface area contributed by atoms with Crippen LogP contribution in [-0.2, 0) is 6.42 Å². The molecule has 5 heteroatoms. The van der Waals surface area contributed by atoms with Crippen molar-refractivity contribution in [1.29, 1.82) is 0 Å². The molecule has 0 bridgehead atoms. The maximum Gasteiger partial charge on any atom is 0.187 e. The number of hydrogen-bond donors (Lipinski definition) is 2. The van der Waals surface area contributed by atoms with Gasteiger partial charge in [0.05, 0.1) is 18.0 Å². The number of nitrogens with one attached hydrogen (secondary N) is 2. The van der Waals surface area contributed by atoms with E-state index in [1.54, 1.807) is 11.3 Å². The molecule has 0 aliphatic heterocycles. The van der Waals surface area contributed by atoms with E-state index in [9.17, 15) is 0 Å². The largest absolute Gasteiger partial charge is 0.491 e. The first-order valence-electron chi connectivity index (χ1n) is 8.39. The van der Waals surface area contributed by atoms with Crippen molar-refractivity contribution in [3.63, 3.8) is 0 Å². The number of nitrogens with zero attached hydrogens (tertiary/aromatic N) is 1. The number of para-hydroxylation sites is 2. The van der Waals surface area contributed by atoms with Crippen molar-refractivity contribution in [2.75, 3.05) is 18.5 Å². The van der Waals surface area contributed by atoms with E-state index in [4.69, 9.17) is 4.74 Å². The second-order valence-electron chi connectivity index (χ2n) is 5.67. The van der Waals surface area contributed by atoms with Gasteiger partial charge in [-0.1, -0.05) is 26.0 Å². The van der Waals surface area contributed by atoms with Crippen molar-refractivity contribution >= 4 is 22.2 Å². The lowest BCUT2D eigenvalue weighted by molar-refractivity contribution is 0.319.